The fourth-order valence-corrected chi connectivity index (χ4v) is 3.17. The van der Waals surface area contributed by atoms with Crippen molar-refractivity contribution in [1.82, 2.24) is 10.2 Å². The summed E-state index contributed by atoms with van der Waals surface area (Å²) in [5.74, 6) is 0.874. The van der Waals surface area contributed by atoms with Crippen LogP contribution in [0.15, 0.2) is 4.99 Å². The molecule has 1 aliphatic heterocycles. The Morgan fingerprint density at radius 3 is 2.93 bits per heavy atom. The molecule has 0 aromatic carbocycles. The average Bonchev–Trinajstić information content (AvgIpc) is 3.00. The second-order valence-electron chi connectivity index (χ2n) is 5.31. The summed E-state index contributed by atoms with van der Waals surface area (Å²) in [6, 6.07) is 2.21. The minimum atomic E-state index is 0.624. The molecule has 3 rings (SSSR count). The molecule has 2 saturated carbocycles. The highest BCUT2D eigenvalue weighted by molar-refractivity contribution is 5.60. The van der Waals surface area contributed by atoms with Gasteiger partial charge in [0.2, 0.25) is 0 Å². The molecule has 0 aromatic rings. The molecule has 15 heavy (non-hydrogen) atoms. The van der Waals surface area contributed by atoms with Crippen LogP contribution in [0.25, 0.3) is 0 Å². The third-order valence-electron chi connectivity index (χ3n) is 4.13. The molecule has 0 aromatic heterocycles. The lowest BCUT2D eigenvalue weighted by Gasteiger charge is -2.35. The maximum atomic E-state index is 4.68. The number of nitrogens with one attached hydrogen (secondary N) is 1. The van der Waals surface area contributed by atoms with Crippen molar-refractivity contribution < 1.29 is 0 Å². The molecule has 3 heteroatoms. The van der Waals surface area contributed by atoms with Crippen molar-refractivity contribution in [3.8, 4) is 0 Å². The molecule has 0 amide bonds. The molecule has 2 fully saturated rings. The van der Waals surface area contributed by atoms with Crippen LogP contribution in [0.5, 0.6) is 0 Å². The van der Waals surface area contributed by atoms with Crippen LogP contribution in [-0.4, -0.2) is 43.0 Å². The first-order chi connectivity index (χ1) is 7.38. The van der Waals surface area contributed by atoms with Gasteiger partial charge in [0.15, 0.2) is 0 Å². The molecule has 0 spiro atoms. The van der Waals surface area contributed by atoms with Crippen LogP contribution in [0.2, 0.25) is 0 Å². The van der Waals surface area contributed by atoms with Gasteiger partial charge in [-0.25, -0.2) is 0 Å². The molecule has 1 N–H and O–H groups in total. The van der Waals surface area contributed by atoms with E-state index in [1.807, 2.05) is 0 Å². The minimum absolute atomic E-state index is 0.624. The van der Waals surface area contributed by atoms with Gasteiger partial charge in [0.1, 0.15) is 0 Å². The molecule has 0 radical (unpaired) electrons. The Labute approximate surface area is 91.9 Å². The SMILES string of the molecule is CNCC1CCC2N=CN(C3CC3)C2C1. The fourth-order valence-electron chi connectivity index (χ4n) is 3.17. The summed E-state index contributed by atoms with van der Waals surface area (Å²) in [6.45, 7) is 1.18. The highest BCUT2D eigenvalue weighted by Crippen LogP contribution is 2.38. The second-order valence-corrected chi connectivity index (χ2v) is 5.31. The van der Waals surface area contributed by atoms with E-state index in [-0.39, 0.29) is 0 Å². The normalized spacial score (nSPS) is 39.5. The summed E-state index contributed by atoms with van der Waals surface area (Å²) in [5, 5.41) is 3.32. The van der Waals surface area contributed by atoms with E-state index in [0.717, 1.165) is 18.0 Å². The zero-order chi connectivity index (χ0) is 10.3. The lowest BCUT2D eigenvalue weighted by molar-refractivity contribution is 0.193. The molecular weight excluding hydrogens is 186 g/mol. The number of hydrogen-bond acceptors (Lipinski definition) is 3. The van der Waals surface area contributed by atoms with E-state index in [9.17, 15) is 0 Å². The second kappa shape index (κ2) is 3.78. The molecule has 0 bridgehead atoms. The molecule has 3 nitrogen and oxygen atoms in total. The number of hydrogen-bond donors (Lipinski definition) is 1. The van der Waals surface area contributed by atoms with Crippen LogP contribution in [0.1, 0.15) is 32.1 Å². The first-order valence-corrected chi connectivity index (χ1v) is 6.34. The van der Waals surface area contributed by atoms with E-state index in [1.165, 1.54) is 38.6 Å². The van der Waals surface area contributed by atoms with Crippen molar-refractivity contribution >= 4 is 6.34 Å². The lowest BCUT2D eigenvalue weighted by Crippen LogP contribution is -2.43. The first kappa shape index (κ1) is 9.64. The largest absolute Gasteiger partial charge is 0.355 e. The first-order valence-electron chi connectivity index (χ1n) is 6.34. The van der Waals surface area contributed by atoms with Crippen molar-refractivity contribution in [2.75, 3.05) is 13.6 Å². The van der Waals surface area contributed by atoms with Crippen molar-refractivity contribution in [2.45, 2.75) is 50.2 Å². The lowest BCUT2D eigenvalue weighted by atomic mass is 9.82. The molecule has 3 aliphatic rings. The van der Waals surface area contributed by atoms with E-state index < -0.39 is 0 Å². The highest BCUT2D eigenvalue weighted by Gasteiger charge is 2.42. The van der Waals surface area contributed by atoms with E-state index in [4.69, 9.17) is 0 Å². The smallest absolute Gasteiger partial charge is 0.0859 e. The van der Waals surface area contributed by atoms with Gasteiger partial charge in [0.05, 0.1) is 18.4 Å². The van der Waals surface area contributed by atoms with Crippen molar-refractivity contribution in [3.63, 3.8) is 0 Å². The van der Waals surface area contributed by atoms with Crippen LogP contribution in [0.4, 0.5) is 0 Å². The number of aliphatic imine (C=N–C) groups is 1. The summed E-state index contributed by atoms with van der Waals surface area (Å²) in [5.41, 5.74) is 0. The number of nitrogens with zero attached hydrogens (tertiary/aromatic N) is 2. The monoisotopic (exact) mass is 207 g/mol. The minimum Gasteiger partial charge on any atom is -0.355 e. The van der Waals surface area contributed by atoms with Crippen molar-refractivity contribution in [2.24, 2.45) is 10.9 Å². The Morgan fingerprint density at radius 1 is 1.33 bits per heavy atom. The van der Waals surface area contributed by atoms with E-state index in [1.54, 1.807) is 0 Å². The van der Waals surface area contributed by atoms with Gasteiger partial charge in [-0.2, -0.15) is 0 Å². The summed E-state index contributed by atoms with van der Waals surface area (Å²) < 4.78 is 0. The predicted molar refractivity (Wildman–Crippen MR) is 62.2 cm³/mol. The summed E-state index contributed by atoms with van der Waals surface area (Å²) in [4.78, 5) is 7.24. The van der Waals surface area contributed by atoms with Gasteiger partial charge in [0, 0.05) is 6.04 Å². The van der Waals surface area contributed by atoms with Crippen LogP contribution in [0.3, 0.4) is 0 Å². The molecular formula is C12H21N3. The summed E-state index contributed by atoms with van der Waals surface area (Å²) in [7, 11) is 2.07. The standard InChI is InChI=1S/C12H21N3/c1-13-7-9-2-5-11-12(6-9)15(8-14-11)10-3-4-10/h8-13H,2-7H2,1H3. The maximum Gasteiger partial charge on any atom is 0.0859 e. The van der Waals surface area contributed by atoms with Gasteiger partial charge in [-0.15, -0.1) is 0 Å². The predicted octanol–water partition coefficient (Wildman–Crippen LogP) is 1.25. The van der Waals surface area contributed by atoms with Gasteiger partial charge < -0.3 is 10.2 Å². The van der Waals surface area contributed by atoms with Crippen LogP contribution >= 0.6 is 0 Å². The third-order valence-corrected chi connectivity index (χ3v) is 4.13. The van der Waals surface area contributed by atoms with Crippen LogP contribution in [-0.2, 0) is 0 Å². The molecule has 2 aliphatic carbocycles. The summed E-state index contributed by atoms with van der Waals surface area (Å²) in [6.07, 6.45) is 8.95. The topological polar surface area (TPSA) is 27.6 Å². The molecule has 3 atom stereocenters. The highest BCUT2D eigenvalue weighted by atomic mass is 15.3. The van der Waals surface area contributed by atoms with E-state index >= 15 is 0 Å². The van der Waals surface area contributed by atoms with Gasteiger partial charge in [-0.1, -0.05) is 0 Å². The Bertz CT molecular complexity index is 260. The Kier molecular flexibility index (Phi) is 2.43. The zero-order valence-corrected chi connectivity index (χ0v) is 9.52. The fraction of sp³-hybridized carbons (Fsp3) is 0.917. The molecule has 0 saturated heterocycles. The van der Waals surface area contributed by atoms with Crippen molar-refractivity contribution in [1.29, 1.82) is 0 Å². The number of rotatable bonds is 3. The third kappa shape index (κ3) is 1.78. The van der Waals surface area contributed by atoms with Crippen LogP contribution < -0.4 is 5.32 Å². The molecule has 84 valence electrons. The Balaban J connectivity index is 1.64. The molecule has 3 unspecified atom stereocenters. The maximum absolute atomic E-state index is 4.68. The van der Waals surface area contributed by atoms with Gasteiger partial charge in [0.25, 0.3) is 0 Å². The average molecular weight is 207 g/mol. The summed E-state index contributed by atoms with van der Waals surface area (Å²) >= 11 is 0. The van der Waals surface area contributed by atoms with E-state index in [0.29, 0.717) is 6.04 Å². The Hall–Kier alpha value is -0.570. The molecule has 1 heterocycles. The number of fused-ring (bicyclic) bond motifs is 1. The Morgan fingerprint density at radius 2 is 2.20 bits per heavy atom. The zero-order valence-electron chi connectivity index (χ0n) is 9.52. The van der Waals surface area contributed by atoms with Gasteiger partial charge >= 0.3 is 0 Å². The van der Waals surface area contributed by atoms with Crippen LogP contribution in [0, 0.1) is 5.92 Å². The van der Waals surface area contributed by atoms with Gasteiger partial charge in [-0.05, 0) is 51.6 Å². The van der Waals surface area contributed by atoms with Gasteiger partial charge in [-0.3, -0.25) is 4.99 Å². The van der Waals surface area contributed by atoms with E-state index in [2.05, 4.69) is 28.6 Å². The van der Waals surface area contributed by atoms with Crippen molar-refractivity contribution in [3.05, 3.63) is 0 Å². The quantitative estimate of drug-likeness (QED) is 0.754.